The number of hydrogen-bond donors (Lipinski definition) is 0. The van der Waals surface area contributed by atoms with Gasteiger partial charge < -0.3 is 14.2 Å². The van der Waals surface area contributed by atoms with E-state index in [1.165, 1.54) is 96.3 Å². The van der Waals surface area contributed by atoms with Gasteiger partial charge in [-0.15, -0.1) is 0 Å². The van der Waals surface area contributed by atoms with Crippen LogP contribution in [-0.2, 0) is 28.6 Å². The summed E-state index contributed by atoms with van der Waals surface area (Å²) in [4.78, 5) is 37.9. The van der Waals surface area contributed by atoms with Gasteiger partial charge in [0.25, 0.3) is 0 Å². The van der Waals surface area contributed by atoms with E-state index in [2.05, 4.69) is 142 Å². The smallest absolute Gasteiger partial charge is 0.306 e. The number of rotatable bonds is 54. The Morgan fingerprint density at radius 1 is 0.284 bits per heavy atom. The molecule has 1 atom stereocenters. The molecule has 0 heterocycles. The topological polar surface area (TPSA) is 78.9 Å². The molecule has 1 unspecified atom stereocenters. The molecule has 0 aromatic carbocycles. The second-order valence-corrected chi connectivity index (χ2v) is 19.9. The van der Waals surface area contributed by atoms with Crippen LogP contribution in [0.3, 0.4) is 0 Å². The van der Waals surface area contributed by atoms with E-state index >= 15 is 0 Å². The van der Waals surface area contributed by atoms with Crippen molar-refractivity contribution in [3.63, 3.8) is 0 Å². The quantitative estimate of drug-likeness (QED) is 0.0261. The number of carbonyl (C=O) groups excluding carboxylic acids is 3. The minimum Gasteiger partial charge on any atom is -0.462 e. The minimum absolute atomic E-state index is 0.0847. The summed E-state index contributed by atoms with van der Waals surface area (Å²) < 4.78 is 16.8. The van der Waals surface area contributed by atoms with Gasteiger partial charge in [0, 0.05) is 19.3 Å². The van der Waals surface area contributed by atoms with Gasteiger partial charge in [0.2, 0.25) is 0 Å². The third-order valence-corrected chi connectivity index (χ3v) is 12.7. The van der Waals surface area contributed by atoms with E-state index < -0.39 is 6.10 Å². The molecule has 74 heavy (non-hydrogen) atoms. The van der Waals surface area contributed by atoms with E-state index in [0.717, 1.165) is 135 Å². The third-order valence-electron chi connectivity index (χ3n) is 12.7. The maximum Gasteiger partial charge on any atom is 0.306 e. The van der Waals surface area contributed by atoms with Crippen molar-refractivity contribution in [2.24, 2.45) is 0 Å². The normalized spacial score (nSPS) is 13.0. The number of carbonyl (C=O) groups is 3. The predicted molar refractivity (Wildman–Crippen MR) is 320 cm³/mol. The van der Waals surface area contributed by atoms with Crippen LogP contribution >= 0.6 is 0 Å². The van der Waals surface area contributed by atoms with Gasteiger partial charge in [-0.05, 0) is 116 Å². The molecule has 0 saturated heterocycles. The number of esters is 3. The minimum atomic E-state index is -0.785. The van der Waals surface area contributed by atoms with Crippen molar-refractivity contribution < 1.29 is 28.6 Å². The molecule has 0 aromatic heterocycles. The Bertz CT molecular complexity index is 1550. The highest BCUT2D eigenvalue weighted by molar-refractivity contribution is 5.71. The number of hydrogen-bond acceptors (Lipinski definition) is 6. The number of allylic oxidation sites excluding steroid dienone is 20. The van der Waals surface area contributed by atoms with E-state index in [4.69, 9.17) is 14.2 Å². The molecular formula is C68H112O6. The molecule has 0 saturated carbocycles. The fourth-order valence-corrected chi connectivity index (χ4v) is 8.13. The van der Waals surface area contributed by atoms with Crippen LogP contribution in [0.1, 0.15) is 271 Å². The van der Waals surface area contributed by atoms with Crippen LogP contribution in [0, 0.1) is 0 Å². The highest BCUT2D eigenvalue weighted by atomic mass is 16.6. The zero-order valence-corrected chi connectivity index (χ0v) is 48.1. The summed E-state index contributed by atoms with van der Waals surface area (Å²) in [5, 5.41) is 0. The maximum absolute atomic E-state index is 12.8. The second-order valence-electron chi connectivity index (χ2n) is 19.9. The molecular weight excluding hydrogens is 913 g/mol. The molecule has 0 aliphatic carbocycles. The summed E-state index contributed by atoms with van der Waals surface area (Å²) >= 11 is 0. The van der Waals surface area contributed by atoms with E-state index in [9.17, 15) is 14.4 Å². The van der Waals surface area contributed by atoms with Crippen LogP contribution in [0.4, 0.5) is 0 Å². The molecule has 0 spiro atoms. The molecule has 0 aliphatic heterocycles. The predicted octanol–water partition coefficient (Wildman–Crippen LogP) is 20.8. The molecule has 0 rings (SSSR count). The van der Waals surface area contributed by atoms with Gasteiger partial charge in [0.1, 0.15) is 13.2 Å². The third kappa shape index (κ3) is 58.7. The Labute approximate surface area is 456 Å². The van der Waals surface area contributed by atoms with Crippen LogP contribution in [-0.4, -0.2) is 37.2 Å². The second kappa shape index (κ2) is 61.4. The molecule has 6 nitrogen and oxygen atoms in total. The molecule has 420 valence electrons. The first-order chi connectivity index (χ1) is 36.5. The zero-order valence-electron chi connectivity index (χ0n) is 48.1. The van der Waals surface area contributed by atoms with Crippen molar-refractivity contribution >= 4 is 17.9 Å². The van der Waals surface area contributed by atoms with E-state index in [0.29, 0.717) is 19.3 Å². The first-order valence-corrected chi connectivity index (χ1v) is 30.5. The lowest BCUT2D eigenvalue weighted by molar-refractivity contribution is -0.167. The Kier molecular flexibility index (Phi) is 57.9. The van der Waals surface area contributed by atoms with E-state index in [-0.39, 0.29) is 31.1 Å². The Hall–Kier alpha value is -4.19. The monoisotopic (exact) mass is 1020 g/mol. The van der Waals surface area contributed by atoms with Crippen LogP contribution < -0.4 is 0 Å². The molecule has 0 amide bonds. The largest absolute Gasteiger partial charge is 0.462 e. The van der Waals surface area contributed by atoms with Crippen molar-refractivity contribution in [3.8, 4) is 0 Å². The first-order valence-electron chi connectivity index (χ1n) is 30.5. The highest BCUT2D eigenvalue weighted by Crippen LogP contribution is 2.14. The number of ether oxygens (including phenoxy) is 3. The SMILES string of the molecule is CC/C=C\C/C=C\C/C=C\C/C=C\C/C=C\C/C=C\C/C=C\C/C=C\C/C=C\CCCCCCCCCC(=O)OCC(COC(=O)CCCCCCCCC)OC(=O)CCCCCCC/C=C\CCCCCCC. The van der Waals surface area contributed by atoms with Crippen molar-refractivity contribution in [3.05, 3.63) is 122 Å². The first kappa shape index (κ1) is 69.8. The van der Waals surface area contributed by atoms with Crippen molar-refractivity contribution in [1.82, 2.24) is 0 Å². The molecule has 0 fully saturated rings. The van der Waals surface area contributed by atoms with Crippen LogP contribution in [0.2, 0.25) is 0 Å². The molecule has 6 heteroatoms. The van der Waals surface area contributed by atoms with E-state index in [1.807, 2.05) is 0 Å². The van der Waals surface area contributed by atoms with Crippen molar-refractivity contribution in [1.29, 1.82) is 0 Å². The summed E-state index contributed by atoms with van der Waals surface area (Å²) in [6, 6.07) is 0. The molecule has 0 radical (unpaired) electrons. The summed E-state index contributed by atoms with van der Waals surface area (Å²) in [6.07, 6.45) is 85.1. The average molecular weight is 1030 g/mol. The van der Waals surface area contributed by atoms with Gasteiger partial charge in [-0.1, -0.05) is 258 Å². The Morgan fingerprint density at radius 2 is 0.527 bits per heavy atom. The Morgan fingerprint density at radius 3 is 0.838 bits per heavy atom. The molecule has 0 aliphatic rings. The van der Waals surface area contributed by atoms with Crippen molar-refractivity contribution in [2.75, 3.05) is 13.2 Å². The lowest BCUT2D eigenvalue weighted by Gasteiger charge is -2.18. The van der Waals surface area contributed by atoms with E-state index in [1.54, 1.807) is 0 Å². The summed E-state index contributed by atoms with van der Waals surface area (Å²) in [5.74, 6) is -0.912. The van der Waals surface area contributed by atoms with Gasteiger partial charge in [-0.2, -0.15) is 0 Å². The molecule has 0 N–H and O–H groups in total. The highest BCUT2D eigenvalue weighted by Gasteiger charge is 2.19. The zero-order chi connectivity index (χ0) is 53.6. The summed E-state index contributed by atoms with van der Waals surface area (Å²) in [5.41, 5.74) is 0. The van der Waals surface area contributed by atoms with Gasteiger partial charge in [-0.25, -0.2) is 0 Å². The van der Waals surface area contributed by atoms with Crippen LogP contribution in [0.15, 0.2) is 122 Å². The lowest BCUT2D eigenvalue weighted by atomic mass is 10.1. The standard InChI is InChI=1S/C68H112O6/c1-4-7-10-13-16-18-20-22-24-25-26-27-28-29-30-31-32-33-34-35-36-37-38-39-40-41-42-43-44-46-47-49-52-55-58-61-67(70)73-64-65(63-72-66(69)60-57-54-51-15-12-9-6-3)74-68(71)62-59-56-53-50-48-45-23-21-19-17-14-11-8-5-2/h7,10,16,18,21-24,26-27,29-30,32-33,35-36,38-39,41-42,65H,4-6,8-9,11-15,17,19-20,25,28,31,34,37,40,43-64H2,1-3H3/b10-7-,18-16-,23-21-,24-22-,27-26-,30-29-,33-32-,36-35-,39-38-,42-41-. The number of unbranched alkanes of at least 4 members (excludes halogenated alkanes) is 23. The van der Waals surface area contributed by atoms with Gasteiger partial charge in [0.05, 0.1) is 0 Å². The van der Waals surface area contributed by atoms with Crippen molar-refractivity contribution in [2.45, 2.75) is 277 Å². The molecule has 0 bridgehead atoms. The van der Waals surface area contributed by atoms with Gasteiger partial charge >= 0.3 is 17.9 Å². The van der Waals surface area contributed by atoms with Crippen LogP contribution in [0.25, 0.3) is 0 Å². The summed E-state index contributed by atoms with van der Waals surface area (Å²) in [6.45, 7) is 6.45. The van der Waals surface area contributed by atoms with Crippen LogP contribution in [0.5, 0.6) is 0 Å². The summed E-state index contributed by atoms with van der Waals surface area (Å²) in [7, 11) is 0. The Balaban J connectivity index is 4.13. The average Bonchev–Trinajstić information content (AvgIpc) is 3.40. The fourth-order valence-electron chi connectivity index (χ4n) is 8.13. The molecule has 0 aromatic rings. The lowest BCUT2D eigenvalue weighted by Crippen LogP contribution is -2.30. The van der Waals surface area contributed by atoms with Gasteiger partial charge in [0.15, 0.2) is 6.10 Å². The van der Waals surface area contributed by atoms with Gasteiger partial charge in [-0.3, -0.25) is 14.4 Å². The maximum atomic E-state index is 12.8. The fraction of sp³-hybridized carbons (Fsp3) is 0.662.